The average molecular weight is 409 g/mol. The number of hydrogen-bond donors (Lipinski definition) is 1. The van der Waals surface area contributed by atoms with Gasteiger partial charge in [-0.15, -0.1) is 5.10 Å². The van der Waals surface area contributed by atoms with Gasteiger partial charge in [0.2, 0.25) is 0 Å². The van der Waals surface area contributed by atoms with Gasteiger partial charge in [-0.2, -0.15) is 0 Å². The van der Waals surface area contributed by atoms with Gasteiger partial charge < -0.3 is 4.57 Å². The van der Waals surface area contributed by atoms with Crippen LogP contribution in [0.3, 0.4) is 0 Å². The lowest BCUT2D eigenvalue weighted by Crippen LogP contribution is -2.05. The fourth-order valence-electron chi connectivity index (χ4n) is 3.90. The van der Waals surface area contributed by atoms with Crippen molar-refractivity contribution in [3.8, 4) is 22.5 Å². The smallest absolute Gasteiger partial charge is 0.180 e. The minimum atomic E-state index is 0.664. The van der Waals surface area contributed by atoms with Gasteiger partial charge in [-0.1, -0.05) is 61.9 Å². The summed E-state index contributed by atoms with van der Waals surface area (Å²) in [5.74, 6) is 1.76. The van der Waals surface area contributed by atoms with Crippen molar-refractivity contribution in [2.24, 2.45) is 0 Å². The Morgan fingerprint density at radius 3 is 2.55 bits per heavy atom. The van der Waals surface area contributed by atoms with Crippen LogP contribution in [0.15, 0.2) is 66.9 Å². The van der Waals surface area contributed by atoms with Crippen molar-refractivity contribution in [1.82, 2.24) is 35.2 Å². The Balaban J connectivity index is 1.46. The lowest BCUT2D eigenvalue weighted by atomic mass is 9.98. The molecule has 7 heteroatoms. The summed E-state index contributed by atoms with van der Waals surface area (Å²) in [4.78, 5) is 9.23. The van der Waals surface area contributed by atoms with Gasteiger partial charge >= 0.3 is 0 Å². The van der Waals surface area contributed by atoms with Crippen LogP contribution in [-0.4, -0.2) is 35.2 Å². The van der Waals surface area contributed by atoms with E-state index in [2.05, 4.69) is 73.5 Å². The summed E-state index contributed by atoms with van der Waals surface area (Å²) in [5.41, 5.74) is 6.32. The fourth-order valence-corrected chi connectivity index (χ4v) is 3.90. The van der Waals surface area contributed by atoms with E-state index >= 15 is 0 Å². The number of aryl methyl sites for hydroxylation is 1. The van der Waals surface area contributed by atoms with Crippen LogP contribution in [0.4, 0.5) is 0 Å². The molecule has 2 aromatic carbocycles. The Morgan fingerprint density at radius 2 is 1.77 bits per heavy atom. The Labute approximate surface area is 180 Å². The summed E-state index contributed by atoms with van der Waals surface area (Å²) in [7, 11) is 0. The molecule has 0 aliphatic carbocycles. The van der Waals surface area contributed by atoms with E-state index < -0.39 is 0 Å². The van der Waals surface area contributed by atoms with Gasteiger partial charge in [-0.3, -0.25) is 0 Å². The van der Waals surface area contributed by atoms with E-state index in [0.717, 1.165) is 59.5 Å². The zero-order chi connectivity index (χ0) is 21.0. The van der Waals surface area contributed by atoms with Gasteiger partial charge in [-0.25, -0.2) is 15.1 Å². The Morgan fingerprint density at radius 1 is 0.935 bits per heavy atom. The normalized spacial score (nSPS) is 11.3. The minimum absolute atomic E-state index is 0.664. The highest BCUT2D eigenvalue weighted by atomic mass is 15.5. The molecule has 0 aliphatic rings. The van der Waals surface area contributed by atoms with Crippen LogP contribution in [0, 0.1) is 0 Å². The van der Waals surface area contributed by atoms with E-state index in [1.807, 2.05) is 24.3 Å². The van der Waals surface area contributed by atoms with Gasteiger partial charge in [0.05, 0.1) is 5.52 Å². The van der Waals surface area contributed by atoms with Gasteiger partial charge in [0.15, 0.2) is 11.5 Å². The molecule has 0 spiro atoms. The van der Waals surface area contributed by atoms with E-state index in [-0.39, 0.29) is 0 Å². The van der Waals surface area contributed by atoms with Crippen LogP contribution in [0.1, 0.15) is 31.2 Å². The fraction of sp³-hybridized carbons (Fsp3) is 0.208. The minimum Gasteiger partial charge on any atom is -0.322 e. The highest BCUT2D eigenvalue weighted by Crippen LogP contribution is 2.30. The maximum atomic E-state index is 4.78. The number of benzene rings is 2. The summed E-state index contributed by atoms with van der Waals surface area (Å²) in [6, 6.07) is 20.9. The van der Waals surface area contributed by atoms with Crippen molar-refractivity contribution in [3.05, 3.63) is 78.2 Å². The van der Waals surface area contributed by atoms with Crippen molar-refractivity contribution < 1.29 is 0 Å². The Kier molecular flexibility index (Phi) is 5.22. The predicted octanol–water partition coefficient (Wildman–Crippen LogP) is 4.67. The molecule has 0 bridgehead atoms. The molecule has 5 rings (SSSR count). The average Bonchev–Trinajstić information content (AvgIpc) is 3.47. The summed E-state index contributed by atoms with van der Waals surface area (Å²) in [6.07, 6.45) is 5.03. The van der Waals surface area contributed by atoms with Gasteiger partial charge in [0.25, 0.3) is 0 Å². The molecular weight excluding hydrogens is 386 g/mol. The number of hydrogen-bond acceptors (Lipinski definition) is 5. The van der Waals surface area contributed by atoms with E-state index in [0.29, 0.717) is 5.82 Å². The summed E-state index contributed by atoms with van der Waals surface area (Å²) < 4.78 is 2.29. The molecule has 0 aliphatic heterocycles. The van der Waals surface area contributed by atoms with Crippen molar-refractivity contribution in [2.75, 3.05) is 0 Å². The molecule has 0 saturated carbocycles. The van der Waals surface area contributed by atoms with Crippen LogP contribution in [0.25, 0.3) is 33.7 Å². The molecule has 0 amide bonds. The van der Waals surface area contributed by atoms with Gasteiger partial charge in [-0.05, 0) is 45.7 Å². The molecule has 154 valence electrons. The van der Waals surface area contributed by atoms with Crippen LogP contribution < -0.4 is 0 Å². The summed E-state index contributed by atoms with van der Waals surface area (Å²) in [6.45, 7) is 2.98. The summed E-state index contributed by atoms with van der Waals surface area (Å²) in [5, 5.41) is 14.3. The maximum absolute atomic E-state index is 4.78. The first kappa shape index (κ1) is 19.1. The predicted molar refractivity (Wildman–Crippen MR) is 120 cm³/mol. The number of aromatic nitrogens is 7. The number of aromatic amines is 1. The van der Waals surface area contributed by atoms with Crippen molar-refractivity contribution in [2.45, 2.75) is 32.7 Å². The molecule has 1 N–H and O–H groups in total. The molecule has 5 aromatic rings. The van der Waals surface area contributed by atoms with Crippen molar-refractivity contribution >= 4 is 11.2 Å². The molecule has 0 radical (unpaired) electrons. The molecule has 0 unspecified atom stereocenters. The zero-order valence-electron chi connectivity index (χ0n) is 17.4. The molecular formula is C24H23N7. The maximum Gasteiger partial charge on any atom is 0.180 e. The van der Waals surface area contributed by atoms with Crippen LogP contribution in [0.2, 0.25) is 0 Å². The SMILES string of the molecule is CCCCc1nc2ncccc2n1Cc1ccc(-c2ccccc2-c2nnn[nH]2)cc1. The van der Waals surface area contributed by atoms with E-state index in [9.17, 15) is 0 Å². The van der Waals surface area contributed by atoms with E-state index in [1.165, 1.54) is 5.56 Å². The quantitative estimate of drug-likeness (QED) is 0.422. The van der Waals surface area contributed by atoms with Gasteiger partial charge in [0.1, 0.15) is 5.82 Å². The molecule has 0 saturated heterocycles. The second kappa shape index (κ2) is 8.47. The largest absolute Gasteiger partial charge is 0.322 e. The van der Waals surface area contributed by atoms with Crippen LogP contribution in [-0.2, 0) is 13.0 Å². The first-order valence-electron chi connectivity index (χ1n) is 10.6. The highest BCUT2D eigenvalue weighted by Gasteiger charge is 2.13. The lowest BCUT2D eigenvalue weighted by molar-refractivity contribution is 0.690. The molecule has 31 heavy (non-hydrogen) atoms. The molecule has 0 fully saturated rings. The third kappa shape index (κ3) is 3.82. The number of tetrazole rings is 1. The zero-order valence-corrected chi connectivity index (χ0v) is 17.4. The Bertz CT molecular complexity index is 1290. The monoisotopic (exact) mass is 409 g/mol. The molecule has 3 aromatic heterocycles. The summed E-state index contributed by atoms with van der Waals surface area (Å²) >= 11 is 0. The van der Waals surface area contributed by atoms with Crippen molar-refractivity contribution in [3.63, 3.8) is 0 Å². The highest BCUT2D eigenvalue weighted by molar-refractivity contribution is 5.80. The number of fused-ring (bicyclic) bond motifs is 1. The number of unbranched alkanes of at least 4 members (excludes halogenated alkanes) is 1. The standard InChI is InChI=1S/C24H23N7/c1-2-3-10-22-26-24-21(9-6-15-25-24)31(22)16-17-11-13-18(14-12-17)19-7-4-5-8-20(19)23-27-29-30-28-23/h4-9,11-15H,2-3,10,16H2,1H3,(H,27,28,29,30). The number of imidazole rings is 1. The Hall–Kier alpha value is -3.87. The van der Waals surface area contributed by atoms with Gasteiger partial charge in [0, 0.05) is 24.7 Å². The first-order valence-corrected chi connectivity index (χ1v) is 10.6. The second-order valence-corrected chi connectivity index (χ2v) is 7.56. The number of nitrogens with zero attached hydrogens (tertiary/aromatic N) is 6. The molecule has 7 nitrogen and oxygen atoms in total. The number of rotatable bonds is 7. The third-order valence-electron chi connectivity index (χ3n) is 5.49. The third-order valence-corrected chi connectivity index (χ3v) is 5.49. The van der Waals surface area contributed by atoms with Crippen LogP contribution >= 0.6 is 0 Å². The first-order chi connectivity index (χ1) is 15.3. The number of pyridine rings is 1. The van der Waals surface area contributed by atoms with Crippen LogP contribution in [0.5, 0.6) is 0 Å². The molecule has 3 heterocycles. The lowest BCUT2D eigenvalue weighted by Gasteiger charge is -2.11. The topological polar surface area (TPSA) is 85.2 Å². The van der Waals surface area contributed by atoms with E-state index in [4.69, 9.17) is 4.98 Å². The second-order valence-electron chi connectivity index (χ2n) is 7.56. The number of H-pyrrole nitrogens is 1. The van der Waals surface area contributed by atoms with Crippen molar-refractivity contribution in [1.29, 1.82) is 0 Å². The molecule has 0 atom stereocenters. The van der Waals surface area contributed by atoms with E-state index in [1.54, 1.807) is 6.20 Å². The number of nitrogens with one attached hydrogen (secondary N) is 1.